The SMILES string of the molecule is C.C/C=c1\c(=C/C)n(C)c2ccccc12.C=CC1=C(C=C)c2ccc(C)/c(=C/C)c2=C1C.CC. The molecule has 1 heterocycles. The van der Waals surface area contributed by atoms with Gasteiger partial charge in [-0.1, -0.05) is 95.1 Å². The van der Waals surface area contributed by atoms with Crippen LogP contribution in [-0.2, 0) is 7.05 Å². The number of hydrogen-bond acceptors (Lipinski definition) is 0. The zero-order valence-corrected chi connectivity index (χ0v) is 21.7. The average molecular weight is 454 g/mol. The minimum absolute atomic E-state index is 0. The Kier molecular flexibility index (Phi) is 10.8. The topological polar surface area (TPSA) is 4.93 Å². The van der Waals surface area contributed by atoms with Crippen LogP contribution >= 0.6 is 0 Å². The Morgan fingerprint density at radius 3 is 1.88 bits per heavy atom. The number of aromatic nitrogens is 1. The second-order valence-corrected chi connectivity index (χ2v) is 7.82. The lowest BCUT2D eigenvalue weighted by molar-refractivity contribution is 0.924. The molecule has 0 saturated carbocycles. The lowest BCUT2D eigenvalue weighted by Gasteiger charge is -2.02. The second kappa shape index (κ2) is 12.8. The number of rotatable bonds is 2. The van der Waals surface area contributed by atoms with E-state index in [0.717, 1.165) is 0 Å². The van der Waals surface area contributed by atoms with Crippen molar-refractivity contribution in [2.45, 2.75) is 55.9 Å². The van der Waals surface area contributed by atoms with Gasteiger partial charge in [0.1, 0.15) is 0 Å². The highest BCUT2D eigenvalue weighted by Gasteiger charge is 2.17. The molecule has 34 heavy (non-hydrogen) atoms. The fourth-order valence-electron chi connectivity index (χ4n) is 4.78. The number of nitrogens with zero attached hydrogens (tertiary/aromatic N) is 1. The van der Waals surface area contributed by atoms with E-state index >= 15 is 0 Å². The summed E-state index contributed by atoms with van der Waals surface area (Å²) in [6.07, 6.45) is 10.4. The van der Waals surface area contributed by atoms with Crippen molar-refractivity contribution in [1.29, 1.82) is 0 Å². The molecule has 0 aliphatic heterocycles. The molecular formula is C33H43N. The maximum Gasteiger partial charge on any atom is 0.0488 e. The predicted octanol–water partition coefficient (Wildman–Crippen LogP) is 6.55. The molecule has 0 spiro atoms. The Hall–Kier alpha value is -3.32. The number of fused-ring (bicyclic) bond motifs is 2. The van der Waals surface area contributed by atoms with Crippen molar-refractivity contribution >= 4 is 40.3 Å². The smallest absolute Gasteiger partial charge is 0.0488 e. The summed E-state index contributed by atoms with van der Waals surface area (Å²) in [6, 6.07) is 12.9. The van der Waals surface area contributed by atoms with Crippen molar-refractivity contribution in [2.24, 2.45) is 7.05 Å². The van der Waals surface area contributed by atoms with Crippen molar-refractivity contribution in [3.05, 3.63) is 99.4 Å². The van der Waals surface area contributed by atoms with Crippen molar-refractivity contribution < 1.29 is 0 Å². The van der Waals surface area contributed by atoms with Gasteiger partial charge < -0.3 is 4.57 Å². The van der Waals surface area contributed by atoms with Gasteiger partial charge in [-0.25, -0.2) is 0 Å². The standard InChI is InChI=1S/C17H18.C13H15N.C2H6.CH4/c1-6-13-11(4)9-10-16-15(8-3)14(7-2)12(5)17(13)16;1-4-10-11-8-6-7-9-13(11)14(3)12(10)5-2;1-2;/h6-10H,2-3H2,1,4-5H3;4-9H,1-3H3;1-2H3;1H4/b13-6-;10-4-,12-5+;;. The number of aryl methyl sites for hydroxylation is 2. The lowest BCUT2D eigenvalue weighted by atomic mass is 10.0. The molecule has 0 unspecified atom stereocenters. The molecule has 1 aliphatic rings. The largest absolute Gasteiger partial charge is 0.344 e. The first-order chi connectivity index (χ1) is 15.9. The summed E-state index contributed by atoms with van der Waals surface area (Å²) in [5.74, 6) is 0. The van der Waals surface area contributed by atoms with Gasteiger partial charge in [0.15, 0.2) is 0 Å². The summed E-state index contributed by atoms with van der Waals surface area (Å²) >= 11 is 0. The maximum atomic E-state index is 3.92. The Labute approximate surface area is 207 Å². The molecule has 0 amide bonds. The van der Waals surface area contributed by atoms with E-state index in [0.29, 0.717) is 0 Å². The predicted molar refractivity (Wildman–Crippen MR) is 157 cm³/mol. The van der Waals surface area contributed by atoms with E-state index in [-0.39, 0.29) is 7.43 Å². The molecule has 0 saturated heterocycles. The van der Waals surface area contributed by atoms with Crippen LogP contribution in [0.25, 0.3) is 40.3 Å². The van der Waals surface area contributed by atoms with E-state index < -0.39 is 0 Å². The molecule has 0 radical (unpaired) electrons. The number of allylic oxidation sites excluding steroid dienone is 4. The molecule has 1 nitrogen and oxygen atoms in total. The summed E-state index contributed by atoms with van der Waals surface area (Å²) in [7, 11) is 2.12. The summed E-state index contributed by atoms with van der Waals surface area (Å²) in [6.45, 7) is 22.4. The first-order valence-electron chi connectivity index (χ1n) is 11.9. The van der Waals surface area contributed by atoms with Crippen LogP contribution in [0.5, 0.6) is 0 Å². The minimum Gasteiger partial charge on any atom is -0.344 e. The molecule has 1 heteroatoms. The van der Waals surface area contributed by atoms with Gasteiger partial charge in [0.2, 0.25) is 0 Å². The highest BCUT2D eigenvalue weighted by atomic mass is 14.9. The molecule has 0 N–H and O–H groups in total. The van der Waals surface area contributed by atoms with Crippen molar-refractivity contribution in [3.63, 3.8) is 0 Å². The third-order valence-corrected chi connectivity index (χ3v) is 6.27. The van der Waals surface area contributed by atoms with Gasteiger partial charge in [0.25, 0.3) is 0 Å². The zero-order valence-electron chi connectivity index (χ0n) is 21.7. The van der Waals surface area contributed by atoms with Gasteiger partial charge in [-0.15, -0.1) is 0 Å². The number of para-hydroxylation sites is 1. The average Bonchev–Trinajstić information content (AvgIpc) is 3.30. The van der Waals surface area contributed by atoms with Crippen LogP contribution in [0, 0.1) is 6.92 Å². The Balaban J connectivity index is 0.000000313. The zero-order chi connectivity index (χ0) is 24.7. The summed E-state index contributed by atoms with van der Waals surface area (Å²) in [5.41, 5.74) is 7.63. The molecule has 1 aromatic heterocycles. The van der Waals surface area contributed by atoms with Gasteiger partial charge in [0, 0.05) is 28.5 Å². The fraction of sp³-hybridized carbons (Fsp3) is 0.273. The van der Waals surface area contributed by atoms with Crippen LogP contribution in [0.4, 0.5) is 0 Å². The second-order valence-electron chi connectivity index (χ2n) is 7.82. The first kappa shape index (κ1) is 28.7. The van der Waals surface area contributed by atoms with Gasteiger partial charge in [-0.2, -0.15) is 0 Å². The fourth-order valence-corrected chi connectivity index (χ4v) is 4.78. The number of hydrogen-bond donors (Lipinski definition) is 0. The normalized spacial score (nSPS) is 13.6. The Morgan fingerprint density at radius 1 is 0.765 bits per heavy atom. The Morgan fingerprint density at radius 2 is 1.35 bits per heavy atom. The molecule has 1 aliphatic carbocycles. The number of benzene rings is 2. The molecule has 4 rings (SSSR count). The molecule has 180 valence electrons. The third-order valence-electron chi connectivity index (χ3n) is 6.27. The molecule has 0 atom stereocenters. The molecule has 2 aromatic carbocycles. The van der Waals surface area contributed by atoms with E-state index in [2.05, 4.69) is 114 Å². The molecular weight excluding hydrogens is 410 g/mol. The molecule has 0 bridgehead atoms. The third kappa shape index (κ3) is 4.94. The van der Waals surface area contributed by atoms with Crippen LogP contribution in [0.15, 0.2) is 67.3 Å². The van der Waals surface area contributed by atoms with Crippen LogP contribution in [0.3, 0.4) is 0 Å². The van der Waals surface area contributed by atoms with E-state index in [1.807, 2.05) is 26.0 Å². The minimum atomic E-state index is 0. The highest BCUT2D eigenvalue weighted by Crippen LogP contribution is 2.28. The van der Waals surface area contributed by atoms with Gasteiger partial charge in [-0.05, 0) is 79.0 Å². The van der Waals surface area contributed by atoms with Gasteiger partial charge in [0.05, 0.1) is 0 Å². The quantitative estimate of drug-likeness (QED) is 0.415. The monoisotopic (exact) mass is 453 g/mol. The summed E-state index contributed by atoms with van der Waals surface area (Å²) in [4.78, 5) is 0. The van der Waals surface area contributed by atoms with Gasteiger partial charge >= 0.3 is 0 Å². The van der Waals surface area contributed by atoms with Crippen LogP contribution in [0.1, 0.15) is 60.1 Å². The maximum absolute atomic E-state index is 3.92. The summed E-state index contributed by atoms with van der Waals surface area (Å²) < 4.78 is 2.24. The Bertz CT molecular complexity index is 1450. The molecule has 0 fully saturated rings. The van der Waals surface area contributed by atoms with Gasteiger partial charge in [-0.3, -0.25) is 0 Å². The molecule has 3 aromatic rings. The van der Waals surface area contributed by atoms with Crippen LogP contribution in [-0.4, -0.2) is 4.57 Å². The summed E-state index contributed by atoms with van der Waals surface area (Å²) in [5, 5.41) is 6.65. The van der Waals surface area contributed by atoms with E-state index in [4.69, 9.17) is 0 Å². The van der Waals surface area contributed by atoms with E-state index in [9.17, 15) is 0 Å². The first-order valence-corrected chi connectivity index (χ1v) is 11.9. The van der Waals surface area contributed by atoms with Crippen LogP contribution < -0.4 is 21.0 Å². The van der Waals surface area contributed by atoms with Crippen LogP contribution in [0.2, 0.25) is 0 Å². The van der Waals surface area contributed by atoms with Crippen molar-refractivity contribution in [2.75, 3.05) is 0 Å². The van der Waals surface area contributed by atoms with Crippen molar-refractivity contribution in [1.82, 2.24) is 4.57 Å². The van der Waals surface area contributed by atoms with Crippen molar-refractivity contribution in [3.8, 4) is 0 Å². The highest BCUT2D eigenvalue weighted by molar-refractivity contribution is 5.95. The van der Waals surface area contributed by atoms with E-state index in [1.54, 1.807) is 0 Å². The van der Waals surface area contributed by atoms with E-state index in [1.165, 1.54) is 59.8 Å². The lowest BCUT2D eigenvalue weighted by Crippen LogP contribution is -2.30.